The maximum atomic E-state index is 12.6. The van der Waals surface area contributed by atoms with Gasteiger partial charge in [0.2, 0.25) is 0 Å². The summed E-state index contributed by atoms with van der Waals surface area (Å²) in [5.41, 5.74) is 2.58. The van der Waals surface area contributed by atoms with Crippen molar-refractivity contribution in [3.8, 4) is 0 Å². The van der Waals surface area contributed by atoms with Crippen LogP contribution in [0, 0.1) is 0 Å². The fourth-order valence-electron chi connectivity index (χ4n) is 2.70. The molecule has 0 bridgehead atoms. The molecular formula is C20H22ClN3O2S. The molecular weight excluding hydrogens is 382 g/mol. The monoisotopic (exact) mass is 403 g/mol. The average Bonchev–Trinajstić information content (AvgIpc) is 3.09. The number of aromatic nitrogens is 2. The van der Waals surface area contributed by atoms with Crippen molar-refractivity contribution in [1.29, 1.82) is 0 Å². The Morgan fingerprint density at radius 2 is 1.78 bits per heavy atom. The van der Waals surface area contributed by atoms with Crippen molar-refractivity contribution in [3.63, 3.8) is 0 Å². The Hall–Kier alpha value is -2.31. The van der Waals surface area contributed by atoms with E-state index in [0.717, 1.165) is 17.5 Å². The summed E-state index contributed by atoms with van der Waals surface area (Å²) in [7, 11) is -3.65. The van der Waals surface area contributed by atoms with E-state index in [4.69, 9.17) is 11.6 Å². The van der Waals surface area contributed by atoms with Crippen LogP contribution in [0.4, 0.5) is 5.69 Å². The van der Waals surface area contributed by atoms with Crippen molar-refractivity contribution in [1.82, 2.24) is 9.78 Å². The quantitative estimate of drug-likeness (QED) is 0.610. The number of hydrogen-bond acceptors (Lipinski definition) is 3. The number of hydrogen-bond donors (Lipinski definition) is 1. The molecule has 0 aliphatic heterocycles. The van der Waals surface area contributed by atoms with E-state index >= 15 is 0 Å². The zero-order valence-electron chi connectivity index (χ0n) is 15.3. The van der Waals surface area contributed by atoms with Gasteiger partial charge in [-0.15, -0.1) is 0 Å². The highest BCUT2D eigenvalue weighted by Crippen LogP contribution is 2.22. The molecule has 0 saturated heterocycles. The molecule has 1 atom stereocenters. The Balaban J connectivity index is 1.70. The van der Waals surface area contributed by atoms with Crippen LogP contribution in [0.15, 0.2) is 65.8 Å². The van der Waals surface area contributed by atoms with Gasteiger partial charge in [-0.05, 0) is 47.7 Å². The van der Waals surface area contributed by atoms with E-state index in [1.807, 2.05) is 36.4 Å². The van der Waals surface area contributed by atoms with Crippen molar-refractivity contribution in [2.24, 2.45) is 0 Å². The number of rotatable bonds is 7. The van der Waals surface area contributed by atoms with Crippen molar-refractivity contribution in [2.75, 3.05) is 4.72 Å². The topological polar surface area (TPSA) is 64.0 Å². The van der Waals surface area contributed by atoms with Gasteiger partial charge in [0, 0.05) is 11.2 Å². The highest BCUT2D eigenvalue weighted by atomic mass is 35.5. The largest absolute Gasteiger partial charge is 0.276 e. The highest BCUT2D eigenvalue weighted by molar-refractivity contribution is 7.92. The summed E-state index contributed by atoms with van der Waals surface area (Å²) in [6.07, 6.45) is 4.18. The molecule has 3 aromatic rings. The molecule has 3 rings (SSSR count). The van der Waals surface area contributed by atoms with Gasteiger partial charge >= 0.3 is 0 Å². The minimum atomic E-state index is -3.65. The number of nitrogens with one attached hydrogen (secondary N) is 1. The summed E-state index contributed by atoms with van der Waals surface area (Å²) in [5, 5.41) is 4.89. The lowest BCUT2D eigenvalue weighted by Crippen LogP contribution is -2.12. The molecule has 0 fully saturated rings. The normalized spacial score (nSPS) is 12.7. The molecule has 0 unspecified atom stereocenters. The maximum absolute atomic E-state index is 12.6. The lowest BCUT2D eigenvalue weighted by molar-refractivity contribution is 0.601. The third kappa shape index (κ3) is 4.90. The van der Waals surface area contributed by atoms with E-state index in [1.54, 1.807) is 23.0 Å². The second kappa shape index (κ2) is 8.15. The summed E-state index contributed by atoms with van der Waals surface area (Å²) in [5.74, 6) is 0.404. The van der Waals surface area contributed by atoms with Gasteiger partial charge in [-0.1, -0.05) is 49.7 Å². The summed E-state index contributed by atoms with van der Waals surface area (Å²) in [6.45, 7) is 4.76. The lowest BCUT2D eigenvalue weighted by atomic mass is 9.99. The minimum absolute atomic E-state index is 0.236. The second-order valence-corrected chi connectivity index (χ2v) is 8.66. The number of anilines is 1. The van der Waals surface area contributed by atoms with E-state index in [2.05, 4.69) is 23.7 Å². The molecule has 142 valence electrons. The van der Waals surface area contributed by atoms with Gasteiger partial charge in [0.1, 0.15) is 0 Å². The molecule has 0 radical (unpaired) electrons. The maximum Gasteiger partial charge on any atom is 0.261 e. The molecule has 2 aromatic carbocycles. The van der Waals surface area contributed by atoms with Gasteiger partial charge in [-0.2, -0.15) is 5.10 Å². The summed E-state index contributed by atoms with van der Waals surface area (Å²) in [4.78, 5) is 0.236. The molecule has 27 heavy (non-hydrogen) atoms. The number of halogens is 1. The van der Waals surface area contributed by atoms with Gasteiger partial charge in [0.25, 0.3) is 10.0 Å². The molecule has 1 aromatic heterocycles. The fraction of sp³-hybridized carbons (Fsp3) is 0.250. The first-order valence-corrected chi connectivity index (χ1v) is 10.6. The van der Waals surface area contributed by atoms with Crippen LogP contribution in [0.1, 0.15) is 37.3 Å². The SMILES string of the molecule is CC[C@@H](C)c1ccc(S(=O)(=O)Nc2cnn(Cc3ccc(Cl)cc3)c2)cc1. The predicted molar refractivity (Wildman–Crippen MR) is 109 cm³/mol. The van der Waals surface area contributed by atoms with Crippen molar-refractivity contribution < 1.29 is 8.42 Å². The van der Waals surface area contributed by atoms with Crippen LogP contribution < -0.4 is 4.72 Å². The van der Waals surface area contributed by atoms with E-state index in [1.165, 1.54) is 6.20 Å². The minimum Gasteiger partial charge on any atom is -0.276 e. The van der Waals surface area contributed by atoms with E-state index in [-0.39, 0.29) is 4.90 Å². The summed E-state index contributed by atoms with van der Waals surface area (Å²) < 4.78 is 29.4. The third-order valence-electron chi connectivity index (χ3n) is 4.52. The number of nitrogens with zero attached hydrogens (tertiary/aromatic N) is 2. The molecule has 5 nitrogen and oxygen atoms in total. The van der Waals surface area contributed by atoms with Crippen LogP contribution in [0.25, 0.3) is 0 Å². The second-order valence-electron chi connectivity index (χ2n) is 6.54. The Morgan fingerprint density at radius 3 is 2.41 bits per heavy atom. The van der Waals surface area contributed by atoms with Crippen molar-refractivity contribution in [2.45, 2.75) is 37.6 Å². The van der Waals surface area contributed by atoms with Crippen LogP contribution in [0.3, 0.4) is 0 Å². The first kappa shape index (κ1) is 19.5. The van der Waals surface area contributed by atoms with Crippen molar-refractivity contribution >= 4 is 27.3 Å². The Bertz CT molecular complexity index is 996. The van der Waals surface area contributed by atoms with Gasteiger partial charge in [0.15, 0.2) is 0 Å². The highest BCUT2D eigenvalue weighted by Gasteiger charge is 2.16. The van der Waals surface area contributed by atoms with Gasteiger partial charge < -0.3 is 0 Å². The fourth-order valence-corrected chi connectivity index (χ4v) is 3.86. The lowest BCUT2D eigenvalue weighted by Gasteiger charge is -2.10. The van der Waals surface area contributed by atoms with Gasteiger partial charge in [-0.25, -0.2) is 8.42 Å². The van der Waals surface area contributed by atoms with Crippen LogP contribution >= 0.6 is 11.6 Å². The summed E-state index contributed by atoms with van der Waals surface area (Å²) in [6, 6.07) is 14.5. The molecule has 0 aliphatic rings. The van der Waals surface area contributed by atoms with Crippen LogP contribution in [-0.2, 0) is 16.6 Å². The number of benzene rings is 2. The Morgan fingerprint density at radius 1 is 1.11 bits per heavy atom. The summed E-state index contributed by atoms with van der Waals surface area (Å²) >= 11 is 5.89. The molecule has 0 aliphatic carbocycles. The molecule has 0 spiro atoms. The standard InChI is InChI=1S/C20H22ClN3O2S/c1-3-15(2)17-6-10-20(11-7-17)27(25,26)23-19-12-22-24(14-19)13-16-4-8-18(21)9-5-16/h4-12,14-15,23H,3,13H2,1-2H3/t15-/m1/s1. The third-order valence-corrected chi connectivity index (χ3v) is 6.16. The van der Waals surface area contributed by atoms with Crippen LogP contribution in [-0.4, -0.2) is 18.2 Å². The zero-order chi connectivity index (χ0) is 19.4. The molecule has 1 heterocycles. The van der Waals surface area contributed by atoms with Crippen LogP contribution in [0.2, 0.25) is 5.02 Å². The predicted octanol–water partition coefficient (Wildman–Crippen LogP) is 4.90. The van der Waals surface area contributed by atoms with E-state index in [0.29, 0.717) is 23.2 Å². The molecule has 0 saturated carbocycles. The average molecular weight is 404 g/mol. The van der Waals surface area contributed by atoms with E-state index < -0.39 is 10.0 Å². The van der Waals surface area contributed by atoms with Crippen molar-refractivity contribution in [3.05, 3.63) is 77.1 Å². The first-order chi connectivity index (χ1) is 12.9. The Labute approximate surface area is 165 Å². The van der Waals surface area contributed by atoms with Crippen LogP contribution in [0.5, 0.6) is 0 Å². The molecule has 1 N–H and O–H groups in total. The first-order valence-electron chi connectivity index (χ1n) is 8.77. The van der Waals surface area contributed by atoms with E-state index in [9.17, 15) is 8.42 Å². The molecule has 7 heteroatoms. The molecule has 0 amide bonds. The smallest absolute Gasteiger partial charge is 0.261 e. The van der Waals surface area contributed by atoms with Gasteiger partial charge in [0.05, 0.1) is 23.3 Å². The zero-order valence-corrected chi connectivity index (χ0v) is 16.8. The Kier molecular flexibility index (Phi) is 5.87. The van der Waals surface area contributed by atoms with Gasteiger partial charge in [-0.3, -0.25) is 9.40 Å². The number of sulfonamides is 1.